The molecule has 1 fully saturated rings. The predicted molar refractivity (Wildman–Crippen MR) is 116 cm³/mol. The van der Waals surface area contributed by atoms with Crippen molar-refractivity contribution in [3.63, 3.8) is 0 Å². The van der Waals surface area contributed by atoms with Gasteiger partial charge in [0.05, 0.1) is 11.4 Å². The van der Waals surface area contributed by atoms with E-state index in [-0.39, 0.29) is 24.6 Å². The summed E-state index contributed by atoms with van der Waals surface area (Å²) in [5, 5.41) is 2.18. The molecule has 0 saturated carbocycles. The third kappa shape index (κ3) is 4.94. The lowest BCUT2D eigenvalue weighted by molar-refractivity contribution is -0.127. The van der Waals surface area contributed by atoms with Crippen LogP contribution in [-0.4, -0.2) is 33.7 Å². The number of hydrogen-bond acceptors (Lipinski definition) is 4. The zero-order valence-corrected chi connectivity index (χ0v) is 17.4. The Kier molecular flexibility index (Phi) is 6.66. The zero-order chi connectivity index (χ0) is 21.8. The van der Waals surface area contributed by atoms with Crippen molar-refractivity contribution in [2.45, 2.75) is 25.5 Å². The third-order valence-electron chi connectivity index (χ3n) is 4.49. The van der Waals surface area contributed by atoms with Gasteiger partial charge in [0.25, 0.3) is 0 Å². The Morgan fingerprint density at radius 2 is 2.03 bits per heavy atom. The molecular weight excluding hydrogens is 408 g/mol. The van der Waals surface area contributed by atoms with E-state index in [0.717, 1.165) is 28.9 Å². The van der Waals surface area contributed by atoms with E-state index in [2.05, 4.69) is 16.9 Å². The largest absolute Gasteiger partial charge is 0.324 e. The number of carbonyl (C=O) groups excluding carboxylic acids is 2. The van der Waals surface area contributed by atoms with Gasteiger partial charge >= 0.3 is 0 Å². The Hall–Kier alpha value is -3.00. The molecule has 1 aliphatic heterocycles. The molecule has 1 atom stereocenters. The van der Waals surface area contributed by atoms with Crippen LogP contribution in [0.5, 0.6) is 0 Å². The molecule has 1 aliphatic rings. The molecule has 0 bridgehead atoms. The smallest absolute Gasteiger partial charge is 0.242 e. The molecule has 0 radical (unpaired) electrons. The van der Waals surface area contributed by atoms with Crippen LogP contribution in [0.3, 0.4) is 0 Å². The number of amidine groups is 1. The van der Waals surface area contributed by atoms with Gasteiger partial charge in [-0.15, -0.1) is 6.58 Å². The number of nitrogens with one attached hydrogen (secondary N) is 1. The Morgan fingerprint density at radius 3 is 2.73 bits per heavy atom. The first-order valence-corrected chi connectivity index (χ1v) is 10.2. The van der Waals surface area contributed by atoms with Crippen LogP contribution in [0.2, 0.25) is 0 Å². The highest BCUT2D eigenvalue weighted by Gasteiger charge is 2.38. The second kappa shape index (κ2) is 9.21. The van der Waals surface area contributed by atoms with E-state index in [1.165, 1.54) is 16.7 Å². The minimum Gasteiger partial charge on any atom is -0.324 e. The molecule has 30 heavy (non-hydrogen) atoms. The van der Waals surface area contributed by atoms with Gasteiger partial charge < -0.3 is 5.32 Å². The highest BCUT2D eigenvalue weighted by atomic mass is 32.2. The quantitative estimate of drug-likeness (QED) is 0.676. The molecule has 0 aliphatic carbocycles. The van der Waals surface area contributed by atoms with Crippen LogP contribution in [0.4, 0.5) is 20.2 Å². The fourth-order valence-electron chi connectivity index (χ4n) is 2.93. The van der Waals surface area contributed by atoms with Crippen molar-refractivity contribution in [2.24, 2.45) is 4.99 Å². The lowest BCUT2D eigenvalue weighted by Crippen LogP contribution is -2.33. The summed E-state index contributed by atoms with van der Waals surface area (Å²) in [6, 6.07) is 8.74. The third-order valence-corrected chi connectivity index (χ3v) is 5.66. The van der Waals surface area contributed by atoms with Gasteiger partial charge in [-0.25, -0.2) is 13.8 Å². The van der Waals surface area contributed by atoms with Crippen molar-refractivity contribution in [1.82, 2.24) is 4.90 Å². The van der Waals surface area contributed by atoms with Gasteiger partial charge in [-0.2, -0.15) is 0 Å². The minimum atomic E-state index is -0.876. The first-order valence-electron chi connectivity index (χ1n) is 9.28. The van der Waals surface area contributed by atoms with Crippen molar-refractivity contribution in [2.75, 3.05) is 11.9 Å². The maximum Gasteiger partial charge on any atom is 0.242 e. The summed E-state index contributed by atoms with van der Waals surface area (Å²) in [5.74, 6) is -2.42. The van der Waals surface area contributed by atoms with E-state index >= 15 is 0 Å². The molecule has 0 spiro atoms. The van der Waals surface area contributed by atoms with Crippen LogP contribution in [0, 0.1) is 25.5 Å². The second-order valence-corrected chi connectivity index (χ2v) is 8.07. The van der Waals surface area contributed by atoms with Gasteiger partial charge in [0.2, 0.25) is 11.8 Å². The summed E-state index contributed by atoms with van der Waals surface area (Å²) in [7, 11) is 0. The summed E-state index contributed by atoms with van der Waals surface area (Å²) < 4.78 is 26.8. The topological polar surface area (TPSA) is 61.8 Å². The maximum atomic E-state index is 13.8. The number of benzene rings is 2. The summed E-state index contributed by atoms with van der Waals surface area (Å²) in [6.45, 7) is 7.83. The van der Waals surface area contributed by atoms with Gasteiger partial charge in [-0.05, 0) is 43.2 Å². The molecule has 2 aromatic carbocycles. The number of amides is 2. The first kappa shape index (κ1) is 21.7. The zero-order valence-electron chi connectivity index (χ0n) is 16.6. The molecule has 2 amide bonds. The van der Waals surface area contributed by atoms with Gasteiger partial charge in [0.1, 0.15) is 16.9 Å². The monoisotopic (exact) mass is 429 g/mol. The lowest BCUT2D eigenvalue weighted by Gasteiger charge is -2.14. The molecule has 1 unspecified atom stereocenters. The molecule has 8 heteroatoms. The number of thioether (sulfide) groups is 1. The van der Waals surface area contributed by atoms with Crippen LogP contribution in [-0.2, 0) is 9.59 Å². The van der Waals surface area contributed by atoms with Crippen molar-refractivity contribution in [3.8, 4) is 0 Å². The number of aliphatic imine (C=N–C) groups is 1. The Bertz CT molecular complexity index is 1040. The number of aryl methyl sites for hydroxylation is 2. The summed E-state index contributed by atoms with van der Waals surface area (Å²) in [4.78, 5) is 31.3. The van der Waals surface area contributed by atoms with E-state index in [9.17, 15) is 18.4 Å². The van der Waals surface area contributed by atoms with Crippen molar-refractivity contribution in [3.05, 3.63) is 71.8 Å². The van der Waals surface area contributed by atoms with E-state index in [1.54, 1.807) is 6.08 Å². The summed E-state index contributed by atoms with van der Waals surface area (Å²) in [6.07, 6.45) is 1.42. The van der Waals surface area contributed by atoms with Gasteiger partial charge in [-0.1, -0.05) is 30.0 Å². The number of anilines is 1. The SMILES string of the molecule is C=CCN1C(=O)C(CC(=O)Nc2ccc(F)cc2F)SC1=Nc1cc(C)ccc1C. The van der Waals surface area contributed by atoms with Crippen LogP contribution in [0.15, 0.2) is 54.0 Å². The highest BCUT2D eigenvalue weighted by Crippen LogP contribution is 2.33. The van der Waals surface area contributed by atoms with Crippen molar-refractivity contribution in [1.29, 1.82) is 0 Å². The van der Waals surface area contributed by atoms with E-state index in [4.69, 9.17) is 0 Å². The molecule has 0 aromatic heterocycles. The molecule has 1 heterocycles. The lowest BCUT2D eigenvalue weighted by atomic mass is 10.1. The van der Waals surface area contributed by atoms with Crippen LogP contribution in [0.25, 0.3) is 0 Å². The van der Waals surface area contributed by atoms with Crippen LogP contribution in [0.1, 0.15) is 17.5 Å². The summed E-state index contributed by atoms with van der Waals surface area (Å²) >= 11 is 1.19. The van der Waals surface area contributed by atoms with Crippen LogP contribution < -0.4 is 5.32 Å². The van der Waals surface area contributed by atoms with Crippen molar-refractivity contribution >= 4 is 40.1 Å². The minimum absolute atomic E-state index is 0.135. The maximum absolute atomic E-state index is 13.8. The number of carbonyl (C=O) groups is 2. The van der Waals surface area contributed by atoms with E-state index in [0.29, 0.717) is 11.2 Å². The Balaban J connectivity index is 1.78. The predicted octanol–water partition coefficient (Wildman–Crippen LogP) is 4.73. The number of halogens is 2. The average Bonchev–Trinajstić information content (AvgIpc) is 2.96. The molecule has 156 valence electrons. The van der Waals surface area contributed by atoms with Crippen molar-refractivity contribution < 1.29 is 18.4 Å². The Labute approximate surface area is 177 Å². The summed E-state index contributed by atoms with van der Waals surface area (Å²) in [5.41, 5.74) is 2.62. The molecule has 2 aromatic rings. The number of nitrogens with zero attached hydrogens (tertiary/aromatic N) is 2. The molecule has 1 N–H and O–H groups in total. The highest BCUT2D eigenvalue weighted by molar-refractivity contribution is 8.15. The van der Waals surface area contributed by atoms with Gasteiger partial charge in [0, 0.05) is 19.0 Å². The average molecular weight is 429 g/mol. The van der Waals surface area contributed by atoms with Gasteiger partial charge in [0.15, 0.2) is 5.17 Å². The fraction of sp³-hybridized carbons (Fsp3) is 0.227. The number of hydrogen-bond donors (Lipinski definition) is 1. The normalized spacial score (nSPS) is 17.5. The molecule has 5 nitrogen and oxygen atoms in total. The first-order chi connectivity index (χ1) is 14.3. The van der Waals surface area contributed by atoms with Gasteiger partial charge in [-0.3, -0.25) is 14.5 Å². The molecule has 3 rings (SSSR count). The van der Waals surface area contributed by atoms with E-state index in [1.807, 2.05) is 32.0 Å². The standard InChI is InChI=1S/C22H21F2N3O2S/c1-4-9-27-21(29)19(12-20(28)25-17-8-7-15(23)11-16(17)24)30-22(27)26-18-10-13(2)5-6-14(18)3/h4-8,10-11,19H,1,9,12H2,2-3H3,(H,25,28). The molecular formula is C22H21F2N3O2S. The number of rotatable bonds is 6. The van der Waals surface area contributed by atoms with Crippen LogP contribution >= 0.6 is 11.8 Å². The second-order valence-electron chi connectivity index (χ2n) is 6.90. The molecule has 1 saturated heterocycles. The van der Waals surface area contributed by atoms with E-state index < -0.39 is 22.8 Å². The Morgan fingerprint density at radius 1 is 1.27 bits per heavy atom. The fourth-order valence-corrected chi connectivity index (χ4v) is 4.09.